The third-order valence-corrected chi connectivity index (χ3v) is 0.389. The van der Waals surface area contributed by atoms with Crippen molar-refractivity contribution in [2.24, 2.45) is 0 Å². The molecule has 1 nitrogen and oxygen atoms in total. The molecule has 0 aromatic heterocycles. The van der Waals surface area contributed by atoms with Gasteiger partial charge in [0.05, 0.1) is 0 Å². The minimum absolute atomic E-state index is 2.26. The molecule has 4 heteroatoms. The lowest BCUT2D eigenvalue weighted by Gasteiger charge is -1.90. The second-order valence-corrected chi connectivity index (χ2v) is 1.12. The average Bonchev–Trinajstić information content (AvgIpc) is 1.36. The molecule has 0 aliphatic heterocycles. The fourth-order valence-electron chi connectivity index (χ4n) is 0. The van der Waals surface area contributed by atoms with Crippen LogP contribution in [0.2, 0.25) is 0 Å². The fraction of sp³-hybridized carbons (Fsp3) is 1.00. The van der Waals surface area contributed by atoms with E-state index in [-0.39, 0.29) is 0 Å². The average molecular weight is 115 g/mol. The Kier molecular flexibility index (Phi) is 2.35. The molecule has 0 heterocycles. The third-order valence-electron chi connectivity index (χ3n) is 0.198. The van der Waals surface area contributed by atoms with Crippen molar-refractivity contribution in [2.45, 2.75) is 12.0 Å². The summed E-state index contributed by atoms with van der Waals surface area (Å²) in [6, 6.07) is 0. The van der Waals surface area contributed by atoms with Crippen LogP contribution in [0.4, 0.5) is 8.78 Å². The summed E-state index contributed by atoms with van der Waals surface area (Å²) in [4.78, 5) is 0. The van der Waals surface area contributed by atoms with Gasteiger partial charge in [-0.05, 0) is 0 Å². The maximum Gasteiger partial charge on any atom is 0.281 e. The summed E-state index contributed by atoms with van der Waals surface area (Å²) in [5, 5.41) is 9.24. The van der Waals surface area contributed by atoms with Gasteiger partial charge >= 0.3 is 0 Å². The van der Waals surface area contributed by atoms with Crippen LogP contribution < -0.4 is 0 Å². The van der Waals surface area contributed by atoms with Gasteiger partial charge in [0.2, 0.25) is 5.56 Å². The summed E-state index contributed by atoms with van der Waals surface area (Å²) in [5.74, 6) is 0. The number of halogens is 3. The van der Waals surface area contributed by atoms with Gasteiger partial charge in [-0.3, -0.25) is 0 Å². The number of rotatable bonds is 1. The first-order chi connectivity index (χ1) is 2.64. The molecule has 0 spiro atoms. The Morgan fingerprint density at radius 1 is 1.50 bits per heavy atom. The molecule has 1 radical (unpaired) electrons. The molecule has 0 rings (SSSR count). The Morgan fingerprint density at radius 3 is 1.67 bits per heavy atom. The molecule has 0 aliphatic rings. The van der Waals surface area contributed by atoms with Gasteiger partial charge in [0.1, 0.15) is 0 Å². The van der Waals surface area contributed by atoms with Crippen molar-refractivity contribution in [3.05, 3.63) is 0 Å². The SMILES string of the molecule is [O]C(Cl)C(F)F. The molecule has 0 aromatic rings. The number of hydrogen-bond acceptors (Lipinski definition) is 0. The molecule has 0 fully saturated rings. The van der Waals surface area contributed by atoms with Crippen LogP contribution >= 0.6 is 11.6 Å². The van der Waals surface area contributed by atoms with E-state index >= 15 is 0 Å². The second kappa shape index (κ2) is 2.31. The Morgan fingerprint density at radius 2 is 1.67 bits per heavy atom. The topological polar surface area (TPSA) is 19.9 Å². The van der Waals surface area contributed by atoms with Crippen LogP contribution in [0, 0.1) is 0 Å². The first-order valence-electron chi connectivity index (χ1n) is 1.22. The second-order valence-electron chi connectivity index (χ2n) is 0.686. The molecule has 0 aliphatic carbocycles. The lowest BCUT2D eigenvalue weighted by atomic mass is 10.8. The summed E-state index contributed by atoms with van der Waals surface area (Å²) in [7, 11) is 0. The summed E-state index contributed by atoms with van der Waals surface area (Å²) in [6.07, 6.45) is -2.94. The molecule has 1 unspecified atom stereocenters. The number of alkyl halides is 3. The Labute approximate surface area is 38.5 Å². The van der Waals surface area contributed by atoms with Crippen LogP contribution in [-0.2, 0) is 5.11 Å². The summed E-state index contributed by atoms with van der Waals surface area (Å²) < 4.78 is 21.4. The minimum atomic E-state index is -2.94. The van der Waals surface area contributed by atoms with Crippen molar-refractivity contribution in [1.29, 1.82) is 0 Å². The zero-order chi connectivity index (χ0) is 5.15. The first-order valence-corrected chi connectivity index (χ1v) is 1.66. The van der Waals surface area contributed by atoms with Gasteiger partial charge < -0.3 is 0 Å². The van der Waals surface area contributed by atoms with E-state index < -0.39 is 12.0 Å². The highest BCUT2D eigenvalue weighted by molar-refractivity contribution is 6.19. The molecule has 37 valence electrons. The Balaban J connectivity index is 2.99. The molecule has 0 N–H and O–H groups in total. The molecule has 1 atom stereocenters. The normalized spacial score (nSPS) is 15.5. The zero-order valence-corrected chi connectivity index (χ0v) is 3.45. The standard InChI is InChI=1S/C2H2ClF2O/c3-1(6)2(4)5/h1-2H. The summed E-state index contributed by atoms with van der Waals surface area (Å²) in [6.45, 7) is 0. The molecule has 0 saturated heterocycles. The van der Waals surface area contributed by atoms with Crippen molar-refractivity contribution < 1.29 is 13.9 Å². The van der Waals surface area contributed by atoms with Gasteiger partial charge in [-0.1, -0.05) is 11.6 Å². The lowest BCUT2D eigenvalue weighted by Crippen LogP contribution is -2.05. The van der Waals surface area contributed by atoms with E-state index in [9.17, 15) is 13.9 Å². The first kappa shape index (κ1) is 6.11. The number of hydrogen-bond donors (Lipinski definition) is 0. The maximum atomic E-state index is 10.7. The van der Waals surface area contributed by atoms with Crippen LogP contribution in [0.3, 0.4) is 0 Å². The predicted molar refractivity (Wildman–Crippen MR) is 16.3 cm³/mol. The van der Waals surface area contributed by atoms with E-state index in [4.69, 9.17) is 0 Å². The molecule has 0 amide bonds. The van der Waals surface area contributed by atoms with Gasteiger partial charge in [-0.2, -0.15) is 0 Å². The largest absolute Gasteiger partial charge is 0.281 e. The van der Waals surface area contributed by atoms with Crippen molar-refractivity contribution >= 4 is 11.6 Å². The van der Waals surface area contributed by atoms with Crippen LogP contribution in [-0.4, -0.2) is 12.0 Å². The van der Waals surface area contributed by atoms with E-state index in [0.717, 1.165) is 0 Å². The Hall–Kier alpha value is 0.110. The fourth-order valence-corrected chi connectivity index (χ4v) is 0. The summed E-state index contributed by atoms with van der Waals surface area (Å²) in [5.41, 5.74) is -2.26. The summed E-state index contributed by atoms with van der Waals surface area (Å²) >= 11 is 4.31. The molecule has 0 aromatic carbocycles. The quantitative estimate of drug-likeness (QED) is 0.459. The highest BCUT2D eigenvalue weighted by Crippen LogP contribution is 2.03. The van der Waals surface area contributed by atoms with Gasteiger partial charge in [-0.15, -0.1) is 0 Å². The van der Waals surface area contributed by atoms with Crippen LogP contribution in [0.5, 0.6) is 0 Å². The van der Waals surface area contributed by atoms with E-state index in [1.807, 2.05) is 0 Å². The molecule has 6 heavy (non-hydrogen) atoms. The predicted octanol–water partition coefficient (Wildman–Crippen LogP) is 1.25. The van der Waals surface area contributed by atoms with Crippen molar-refractivity contribution in [2.75, 3.05) is 0 Å². The molecular weight excluding hydrogens is 113 g/mol. The molecular formula is C2H2ClF2O. The molecule has 0 saturated carbocycles. The van der Waals surface area contributed by atoms with Gasteiger partial charge in [-0.25, -0.2) is 13.9 Å². The highest BCUT2D eigenvalue weighted by Gasteiger charge is 2.13. The monoisotopic (exact) mass is 115 g/mol. The van der Waals surface area contributed by atoms with Gasteiger partial charge in [0.15, 0.2) is 0 Å². The van der Waals surface area contributed by atoms with E-state index in [2.05, 4.69) is 11.6 Å². The van der Waals surface area contributed by atoms with Gasteiger partial charge in [0, 0.05) is 0 Å². The van der Waals surface area contributed by atoms with Crippen LogP contribution in [0.1, 0.15) is 0 Å². The zero-order valence-electron chi connectivity index (χ0n) is 2.70. The van der Waals surface area contributed by atoms with Gasteiger partial charge in [0.25, 0.3) is 6.43 Å². The maximum absolute atomic E-state index is 10.7. The molecule has 0 bridgehead atoms. The third kappa shape index (κ3) is 2.35. The van der Waals surface area contributed by atoms with Crippen molar-refractivity contribution in [3.8, 4) is 0 Å². The van der Waals surface area contributed by atoms with E-state index in [1.165, 1.54) is 0 Å². The smallest absolute Gasteiger partial charge is 0.209 e. The van der Waals surface area contributed by atoms with E-state index in [0.29, 0.717) is 0 Å². The lowest BCUT2D eigenvalue weighted by molar-refractivity contribution is 0.00430. The van der Waals surface area contributed by atoms with Crippen molar-refractivity contribution in [3.63, 3.8) is 0 Å². The van der Waals surface area contributed by atoms with Crippen LogP contribution in [0.25, 0.3) is 0 Å². The van der Waals surface area contributed by atoms with E-state index in [1.54, 1.807) is 0 Å². The van der Waals surface area contributed by atoms with Crippen molar-refractivity contribution in [1.82, 2.24) is 0 Å². The highest BCUT2D eigenvalue weighted by atomic mass is 35.5. The Bertz CT molecular complexity index is 32.5. The van der Waals surface area contributed by atoms with Crippen LogP contribution in [0.15, 0.2) is 0 Å². The minimum Gasteiger partial charge on any atom is -0.209 e.